The monoisotopic (exact) mass is 430 g/mol. The van der Waals surface area contributed by atoms with Gasteiger partial charge in [-0.3, -0.25) is 14.9 Å². The summed E-state index contributed by atoms with van der Waals surface area (Å²) in [7, 11) is 1.81. The van der Waals surface area contributed by atoms with Crippen LogP contribution in [-0.2, 0) is 11.8 Å². The van der Waals surface area contributed by atoms with Crippen molar-refractivity contribution in [3.63, 3.8) is 0 Å². The quantitative estimate of drug-likeness (QED) is 0.266. The fourth-order valence-electron chi connectivity index (χ4n) is 2.34. The lowest BCUT2D eigenvalue weighted by molar-refractivity contribution is -0.384. The lowest BCUT2D eigenvalue weighted by atomic mass is 10.2. The Morgan fingerprint density at radius 2 is 2.07 bits per heavy atom. The highest BCUT2D eigenvalue weighted by atomic mass is 35.5. The van der Waals surface area contributed by atoms with Crippen LogP contribution in [0.1, 0.15) is 5.56 Å². The van der Waals surface area contributed by atoms with Gasteiger partial charge in [0, 0.05) is 29.8 Å². The summed E-state index contributed by atoms with van der Waals surface area (Å²) >= 11 is 7.23. The van der Waals surface area contributed by atoms with Gasteiger partial charge in [0.05, 0.1) is 16.9 Å². The molecule has 1 aromatic heterocycles. The summed E-state index contributed by atoms with van der Waals surface area (Å²) in [5, 5.41) is 23.9. The number of carbonyl (C=O) groups excluding carboxylic acids is 1. The molecular formula is C18H15ClN6O3S. The van der Waals surface area contributed by atoms with Gasteiger partial charge in [-0.05, 0) is 29.8 Å². The number of nitro groups is 1. The van der Waals surface area contributed by atoms with Crippen molar-refractivity contribution in [3.8, 4) is 11.4 Å². The van der Waals surface area contributed by atoms with Crippen LogP contribution in [0.3, 0.4) is 0 Å². The SMILES string of the molecule is Cn1c(SCC(=O)N/N=C/c2ccc([N+](=O)[O-])cc2)nnc1-c1cccc(Cl)c1. The van der Waals surface area contributed by atoms with Crippen LogP contribution in [0.2, 0.25) is 5.02 Å². The highest BCUT2D eigenvalue weighted by molar-refractivity contribution is 7.99. The van der Waals surface area contributed by atoms with Crippen LogP contribution in [0.15, 0.2) is 58.8 Å². The molecule has 0 atom stereocenters. The van der Waals surface area contributed by atoms with E-state index >= 15 is 0 Å². The van der Waals surface area contributed by atoms with Gasteiger partial charge in [0.2, 0.25) is 0 Å². The van der Waals surface area contributed by atoms with Gasteiger partial charge < -0.3 is 4.57 Å². The molecule has 0 saturated heterocycles. The van der Waals surface area contributed by atoms with Crippen molar-refractivity contribution in [1.82, 2.24) is 20.2 Å². The standard InChI is InChI=1S/C18H15ClN6O3S/c1-24-17(13-3-2-4-14(19)9-13)22-23-18(24)29-11-16(26)21-20-10-12-5-7-15(8-6-12)25(27)28/h2-10H,11H2,1H3,(H,21,26)/b20-10+. The Morgan fingerprint density at radius 3 is 2.76 bits per heavy atom. The van der Waals surface area contributed by atoms with E-state index in [0.29, 0.717) is 21.6 Å². The first kappa shape index (κ1) is 20.5. The van der Waals surface area contributed by atoms with Crippen LogP contribution < -0.4 is 5.43 Å². The summed E-state index contributed by atoms with van der Waals surface area (Å²) in [5.41, 5.74) is 3.85. The Morgan fingerprint density at radius 1 is 1.31 bits per heavy atom. The number of nitro benzene ring substituents is 1. The molecule has 0 saturated carbocycles. The minimum absolute atomic E-state index is 0.0107. The van der Waals surface area contributed by atoms with Crippen molar-refractivity contribution in [2.75, 3.05) is 5.75 Å². The van der Waals surface area contributed by atoms with Gasteiger partial charge in [0.1, 0.15) is 0 Å². The van der Waals surface area contributed by atoms with E-state index in [1.54, 1.807) is 28.8 Å². The maximum Gasteiger partial charge on any atom is 0.269 e. The molecule has 1 amide bonds. The number of aromatic nitrogens is 3. The Kier molecular flexibility index (Phi) is 6.57. The summed E-state index contributed by atoms with van der Waals surface area (Å²) < 4.78 is 1.78. The number of benzene rings is 2. The summed E-state index contributed by atoms with van der Waals surface area (Å²) in [6, 6.07) is 13.1. The largest absolute Gasteiger partial charge is 0.305 e. The third kappa shape index (κ3) is 5.39. The zero-order chi connectivity index (χ0) is 20.8. The molecule has 0 aliphatic carbocycles. The average Bonchev–Trinajstić information content (AvgIpc) is 3.07. The fraction of sp³-hybridized carbons (Fsp3) is 0.111. The van der Waals surface area contributed by atoms with Crippen molar-refractivity contribution in [2.24, 2.45) is 12.1 Å². The number of halogens is 1. The van der Waals surface area contributed by atoms with E-state index in [1.165, 1.54) is 30.1 Å². The number of hydrogen-bond donors (Lipinski definition) is 1. The molecular weight excluding hydrogens is 416 g/mol. The minimum atomic E-state index is -0.482. The minimum Gasteiger partial charge on any atom is -0.305 e. The molecule has 2 aromatic carbocycles. The van der Waals surface area contributed by atoms with Crippen LogP contribution in [0, 0.1) is 10.1 Å². The maximum absolute atomic E-state index is 12.0. The highest BCUT2D eigenvalue weighted by Crippen LogP contribution is 2.24. The number of hydrogen-bond acceptors (Lipinski definition) is 7. The molecule has 0 aliphatic heterocycles. The molecule has 9 nitrogen and oxygen atoms in total. The maximum atomic E-state index is 12.0. The molecule has 3 aromatic rings. The van der Waals surface area contributed by atoms with Gasteiger partial charge in [0.25, 0.3) is 11.6 Å². The number of rotatable bonds is 7. The number of amides is 1. The molecule has 0 spiro atoms. The predicted octanol–water partition coefficient (Wildman–Crippen LogP) is 3.29. The average molecular weight is 431 g/mol. The molecule has 0 aliphatic rings. The lowest BCUT2D eigenvalue weighted by Gasteiger charge is -2.04. The van der Waals surface area contributed by atoms with Gasteiger partial charge in [0.15, 0.2) is 11.0 Å². The van der Waals surface area contributed by atoms with Crippen molar-refractivity contribution in [3.05, 3.63) is 69.2 Å². The Labute approximate surface area is 174 Å². The highest BCUT2D eigenvalue weighted by Gasteiger charge is 2.13. The zero-order valence-electron chi connectivity index (χ0n) is 15.2. The number of nitrogens with zero attached hydrogens (tertiary/aromatic N) is 5. The van der Waals surface area contributed by atoms with E-state index in [4.69, 9.17) is 11.6 Å². The first-order chi connectivity index (χ1) is 13.9. The summed E-state index contributed by atoms with van der Waals surface area (Å²) in [4.78, 5) is 22.1. The number of thioether (sulfide) groups is 1. The predicted molar refractivity (Wildman–Crippen MR) is 111 cm³/mol. The Balaban J connectivity index is 1.54. The van der Waals surface area contributed by atoms with Crippen molar-refractivity contribution in [2.45, 2.75) is 5.16 Å². The second-order valence-electron chi connectivity index (χ2n) is 5.81. The molecule has 0 radical (unpaired) electrons. The molecule has 29 heavy (non-hydrogen) atoms. The molecule has 148 valence electrons. The van der Waals surface area contributed by atoms with Crippen molar-refractivity contribution < 1.29 is 9.72 Å². The second kappa shape index (κ2) is 9.30. The van der Waals surface area contributed by atoms with Gasteiger partial charge in [-0.2, -0.15) is 5.10 Å². The zero-order valence-corrected chi connectivity index (χ0v) is 16.7. The van der Waals surface area contributed by atoms with E-state index < -0.39 is 4.92 Å². The van der Waals surface area contributed by atoms with E-state index in [-0.39, 0.29) is 17.3 Å². The van der Waals surface area contributed by atoms with Gasteiger partial charge in [-0.1, -0.05) is 35.5 Å². The van der Waals surface area contributed by atoms with E-state index in [9.17, 15) is 14.9 Å². The summed E-state index contributed by atoms with van der Waals surface area (Å²) in [6.45, 7) is 0. The molecule has 0 unspecified atom stereocenters. The first-order valence-electron chi connectivity index (χ1n) is 8.28. The number of carbonyl (C=O) groups is 1. The molecule has 1 heterocycles. The smallest absolute Gasteiger partial charge is 0.269 e. The van der Waals surface area contributed by atoms with E-state index in [1.807, 2.05) is 19.2 Å². The van der Waals surface area contributed by atoms with Crippen LogP contribution in [0.25, 0.3) is 11.4 Å². The normalized spacial score (nSPS) is 11.0. The van der Waals surface area contributed by atoms with Gasteiger partial charge in [-0.25, -0.2) is 5.43 Å². The van der Waals surface area contributed by atoms with Crippen LogP contribution >= 0.6 is 23.4 Å². The first-order valence-corrected chi connectivity index (χ1v) is 9.65. The summed E-state index contributed by atoms with van der Waals surface area (Å²) in [6.07, 6.45) is 1.41. The number of non-ortho nitro benzene ring substituents is 1. The van der Waals surface area contributed by atoms with Crippen molar-refractivity contribution in [1.29, 1.82) is 0 Å². The number of hydrazone groups is 1. The molecule has 0 fully saturated rings. The summed E-state index contributed by atoms with van der Waals surface area (Å²) in [5.74, 6) is 0.422. The molecule has 11 heteroatoms. The van der Waals surface area contributed by atoms with Gasteiger partial charge in [-0.15, -0.1) is 10.2 Å². The lowest BCUT2D eigenvalue weighted by Crippen LogP contribution is -2.19. The third-order valence-electron chi connectivity index (χ3n) is 3.76. The van der Waals surface area contributed by atoms with E-state index in [2.05, 4.69) is 20.7 Å². The fourth-order valence-corrected chi connectivity index (χ4v) is 3.24. The molecule has 0 bridgehead atoms. The van der Waals surface area contributed by atoms with Crippen molar-refractivity contribution >= 4 is 41.2 Å². The van der Waals surface area contributed by atoms with Crippen LogP contribution in [0.5, 0.6) is 0 Å². The van der Waals surface area contributed by atoms with Gasteiger partial charge >= 0.3 is 0 Å². The van der Waals surface area contributed by atoms with Crippen LogP contribution in [0.4, 0.5) is 5.69 Å². The van der Waals surface area contributed by atoms with E-state index in [0.717, 1.165) is 5.56 Å². The Bertz CT molecular complexity index is 1070. The number of nitrogens with one attached hydrogen (secondary N) is 1. The third-order valence-corrected chi connectivity index (χ3v) is 5.01. The Hall–Kier alpha value is -3.24. The molecule has 3 rings (SSSR count). The van der Waals surface area contributed by atoms with Crippen LogP contribution in [-0.4, -0.2) is 37.6 Å². The topological polar surface area (TPSA) is 115 Å². The second-order valence-corrected chi connectivity index (χ2v) is 7.18. The molecule has 1 N–H and O–H groups in total.